The van der Waals surface area contributed by atoms with Crippen molar-refractivity contribution >= 4 is 11.0 Å². The Labute approximate surface area is 201 Å². The average molecular weight is 478 g/mol. The number of hydrogen-bond donors (Lipinski definition) is 0. The highest BCUT2D eigenvalue weighted by Crippen LogP contribution is 2.34. The van der Waals surface area contributed by atoms with E-state index in [1.165, 1.54) is 25.0 Å². The van der Waals surface area contributed by atoms with Crippen LogP contribution in [0.1, 0.15) is 54.7 Å². The maximum absolute atomic E-state index is 14.5. The number of halogens is 2. The van der Waals surface area contributed by atoms with Crippen molar-refractivity contribution < 1.29 is 18.3 Å². The number of aromatic nitrogens is 5. The largest absolute Gasteiger partial charge is 0.381 e. The summed E-state index contributed by atoms with van der Waals surface area (Å²) in [5.74, 6) is -1.07. The number of rotatable bonds is 3. The second kappa shape index (κ2) is 9.39. The van der Waals surface area contributed by atoms with Gasteiger partial charge in [-0.15, -0.1) is 0 Å². The molecular weight excluding hydrogens is 452 g/mol. The zero-order valence-corrected chi connectivity index (χ0v) is 19.2. The minimum Gasteiger partial charge on any atom is -0.381 e. The van der Waals surface area contributed by atoms with Gasteiger partial charge in [0.15, 0.2) is 0 Å². The second-order valence-electron chi connectivity index (χ2n) is 9.10. The van der Waals surface area contributed by atoms with Crippen molar-refractivity contribution in [3.8, 4) is 11.3 Å². The molecule has 0 unspecified atom stereocenters. The Morgan fingerprint density at radius 2 is 1.69 bits per heavy atom. The van der Waals surface area contributed by atoms with E-state index in [0.717, 1.165) is 42.0 Å². The van der Waals surface area contributed by atoms with Gasteiger partial charge in [0.2, 0.25) is 0 Å². The topological polar surface area (TPSA) is 75.0 Å². The predicted molar refractivity (Wildman–Crippen MR) is 124 cm³/mol. The molecule has 3 aromatic heterocycles. The average Bonchev–Trinajstić information content (AvgIpc) is 3.37. The number of pyridine rings is 1. The number of ether oxygens (including phenoxy) is 2. The third kappa shape index (κ3) is 4.66. The highest BCUT2D eigenvalue weighted by atomic mass is 19.1. The van der Waals surface area contributed by atoms with Gasteiger partial charge in [-0.3, -0.25) is 4.68 Å². The standard InChI is InChI=1S/C20H17F2N3O2.C6H8N2/c21-12-1-2-13(14(22)7-12)19-20-16(23-17-9-27-10-18(17)25-20)8-15(24-19)11-3-5-26-6-4-11;1-4-7-8(5-1)6-2-3-6/h1-2,7-8,11H,3-6,9-10H2;1,4-6H,2-3H2. The van der Waals surface area contributed by atoms with Gasteiger partial charge < -0.3 is 9.47 Å². The third-order valence-corrected chi connectivity index (χ3v) is 6.58. The zero-order valence-electron chi connectivity index (χ0n) is 19.2. The van der Waals surface area contributed by atoms with Crippen molar-refractivity contribution in [2.24, 2.45) is 0 Å². The summed E-state index contributed by atoms with van der Waals surface area (Å²) in [6, 6.07) is 8.15. The SMILES string of the molecule is Fc1ccc(-c2nc(C3CCOCC3)cc3nc4c(nc23)COC4)c(F)c1.c1cnn(C2CC2)c1. The lowest BCUT2D eigenvalue weighted by molar-refractivity contribution is 0.0845. The molecule has 35 heavy (non-hydrogen) atoms. The zero-order chi connectivity index (χ0) is 23.8. The molecule has 2 fully saturated rings. The van der Waals surface area contributed by atoms with Crippen LogP contribution in [0.2, 0.25) is 0 Å². The Kier molecular flexibility index (Phi) is 5.95. The molecule has 1 aromatic carbocycles. The van der Waals surface area contributed by atoms with Crippen LogP contribution < -0.4 is 0 Å². The molecule has 3 aliphatic rings. The van der Waals surface area contributed by atoms with Crippen LogP contribution in [0.3, 0.4) is 0 Å². The minimum absolute atomic E-state index is 0.219. The summed E-state index contributed by atoms with van der Waals surface area (Å²) in [5.41, 5.74) is 4.19. The normalized spacial score (nSPS) is 17.8. The summed E-state index contributed by atoms with van der Waals surface area (Å²) in [7, 11) is 0. The molecule has 5 heterocycles. The van der Waals surface area contributed by atoms with Crippen LogP contribution in [0, 0.1) is 11.6 Å². The molecule has 0 radical (unpaired) electrons. The van der Waals surface area contributed by atoms with Gasteiger partial charge in [-0.25, -0.2) is 23.7 Å². The lowest BCUT2D eigenvalue weighted by Crippen LogP contribution is -2.15. The van der Waals surface area contributed by atoms with Gasteiger partial charge in [-0.1, -0.05) is 0 Å². The van der Waals surface area contributed by atoms with E-state index in [4.69, 9.17) is 14.5 Å². The molecule has 0 bridgehead atoms. The van der Waals surface area contributed by atoms with Crippen LogP contribution in [0.5, 0.6) is 0 Å². The molecule has 0 spiro atoms. The first-order chi connectivity index (χ1) is 17.2. The van der Waals surface area contributed by atoms with E-state index >= 15 is 0 Å². The van der Waals surface area contributed by atoms with Crippen LogP contribution in [0.4, 0.5) is 8.78 Å². The fourth-order valence-corrected chi connectivity index (χ4v) is 4.53. The lowest BCUT2D eigenvalue weighted by Gasteiger charge is -2.22. The number of hydrogen-bond acceptors (Lipinski definition) is 6. The second-order valence-corrected chi connectivity index (χ2v) is 9.10. The Balaban J connectivity index is 0.000000240. The summed E-state index contributed by atoms with van der Waals surface area (Å²) >= 11 is 0. The number of fused-ring (bicyclic) bond motifs is 2. The van der Waals surface area contributed by atoms with E-state index in [2.05, 4.69) is 15.1 Å². The van der Waals surface area contributed by atoms with Crippen molar-refractivity contribution in [3.63, 3.8) is 0 Å². The van der Waals surface area contributed by atoms with Gasteiger partial charge in [-0.05, 0) is 49.9 Å². The highest BCUT2D eigenvalue weighted by molar-refractivity contribution is 5.89. The highest BCUT2D eigenvalue weighted by Gasteiger charge is 2.24. The van der Waals surface area contributed by atoms with E-state index < -0.39 is 11.6 Å². The van der Waals surface area contributed by atoms with Crippen LogP contribution in [-0.2, 0) is 22.7 Å². The van der Waals surface area contributed by atoms with Crippen LogP contribution in [0.25, 0.3) is 22.3 Å². The van der Waals surface area contributed by atoms with Gasteiger partial charge in [0, 0.05) is 48.8 Å². The smallest absolute Gasteiger partial charge is 0.135 e. The van der Waals surface area contributed by atoms with Crippen molar-refractivity contribution in [1.29, 1.82) is 0 Å². The van der Waals surface area contributed by atoms with E-state index in [1.54, 1.807) is 0 Å². The molecular formula is C26H25F2N5O2. The van der Waals surface area contributed by atoms with E-state index in [0.29, 0.717) is 43.2 Å². The minimum atomic E-state index is -0.661. The number of benzene rings is 1. The fraction of sp³-hybridized carbons (Fsp3) is 0.385. The Hall–Kier alpha value is -3.30. The number of nitrogens with zero attached hydrogens (tertiary/aromatic N) is 5. The fourth-order valence-electron chi connectivity index (χ4n) is 4.53. The van der Waals surface area contributed by atoms with Gasteiger partial charge in [-0.2, -0.15) is 5.10 Å². The third-order valence-electron chi connectivity index (χ3n) is 6.58. The maximum Gasteiger partial charge on any atom is 0.135 e. The van der Waals surface area contributed by atoms with Crippen molar-refractivity contribution in [3.05, 3.63) is 71.4 Å². The van der Waals surface area contributed by atoms with Crippen LogP contribution in [-0.4, -0.2) is 37.9 Å². The first kappa shape index (κ1) is 22.2. The molecule has 7 nitrogen and oxygen atoms in total. The molecule has 2 aliphatic heterocycles. The molecule has 180 valence electrons. The summed E-state index contributed by atoms with van der Waals surface area (Å²) in [6.07, 6.45) is 8.20. The predicted octanol–water partition coefficient (Wildman–Crippen LogP) is 5.11. The summed E-state index contributed by atoms with van der Waals surface area (Å²) < 4.78 is 40.8. The molecule has 4 aromatic rings. The molecule has 0 amide bonds. The molecule has 0 N–H and O–H groups in total. The van der Waals surface area contributed by atoms with Crippen LogP contribution in [0.15, 0.2) is 42.7 Å². The molecule has 1 aliphatic carbocycles. The summed E-state index contributed by atoms with van der Waals surface area (Å²) in [5, 5.41) is 4.09. The van der Waals surface area contributed by atoms with Gasteiger partial charge in [0.05, 0.1) is 36.2 Å². The quantitative estimate of drug-likeness (QED) is 0.408. The van der Waals surface area contributed by atoms with Crippen molar-refractivity contribution in [2.45, 2.75) is 50.9 Å². The molecule has 0 atom stereocenters. The molecule has 1 saturated carbocycles. The summed E-state index contributed by atoms with van der Waals surface area (Å²) in [4.78, 5) is 14.1. The van der Waals surface area contributed by atoms with Gasteiger partial charge in [0.25, 0.3) is 0 Å². The lowest BCUT2D eigenvalue weighted by atomic mass is 9.95. The Bertz CT molecular complexity index is 1350. The molecule has 1 saturated heterocycles. The van der Waals surface area contributed by atoms with Crippen molar-refractivity contribution in [2.75, 3.05) is 13.2 Å². The van der Waals surface area contributed by atoms with E-state index in [-0.39, 0.29) is 11.5 Å². The maximum atomic E-state index is 14.5. The van der Waals surface area contributed by atoms with E-state index in [9.17, 15) is 8.78 Å². The molecule has 7 rings (SSSR count). The first-order valence-electron chi connectivity index (χ1n) is 12.0. The van der Waals surface area contributed by atoms with Crippen molar-refractivity contribution in [1.82, 2.24) is 24.7 Å². The van der Waals surface area contributed by atoms with Gasteiger partial charge in [0.1, 0.15) is 22.8 Å². The van der Waals surface area contributed by atoms with E-state index in [1.807, 2.05) is 29.2 Å². The monoisotopic (exact) mass is 477 g/mol. The summed E-state index contributed by atoms with van der Waals surface area (Å²) in [6.45, 7) is 2.15. The molecule has 9 heteroatoms. The van der Waals surface area contributed by atoms with Crippen LogP contribution >= 0.6 is 0 Å². The Morgan fingerprint density at radius 3 is 2.40 bits per heavy atom. The first-order valence-corrected chi connectivity index (χ1v) is 12.0. The van der Waals surface area contributed by atoms with Gasteiger partial charge >= 0.3 is 0 Å². The Morgan fingerprint density at radius 1 is 0.886 bits per heavy atom.